The third-order valence-corrected chi connectivity index (χ3v) is 23.0. The molecule has 0 heterocycles. The molecule has 0 radical (unpaired) electrons. The van der Waals surface area contributed by atoms with Gasteiger partial charge >= 0.3 is 11.9 Å². The summed E-state index contributed by atoms with van der Waals surface area (Å²) in [6.07, 6.45) is 14.9. The van der Waals surface area contributed by atoms with Crippen molar-refractivity contribution in [2.75, 3.05) is 150 Å². The molecule has 0 aromatic carbocycles. The quantitative estimate of drug-likeness (QED) is 0.0440. The number of rotatable bonds is 47. The molecule has 0 saturated carbocycles. The van der Waals surface area contributed by atoms with E-state index in [4.69, 9.17) is 56.8 Å². The Morgan fingerprint density at radius 1 is 0.259 bits per heavy atom. The summed E-state index contributed by atoms with van der Waals surface area (Å²) in [5, 5.41) is 2.91. The van der Waals surface area contributed by atoms with E-state index in [0.717, 1.165) is 136 Å². The van der Waals surface area contributed by atoms with Gasteiger partial charge in [0, 0.05) is 119 Å². The highest BCUT2D eigenvalue weighted by Crippen LogP contribution is 2.29. The van der Waals surface area contributed by atoms with Crippen molar-refractivity contribution in [2.45, 2.75) is 505 Å². The van der Waals surface area contributed by atoms with Gasteiger partial charge in [0.1, 0.15) is 24.8 Å². The van der Waals surface area contributed by atoms with Crippen LogP contribution in [0.1, 0.15) is 484 Å². The van der Waals surface area contributed by atoms with Crippen molar-refractivity contribution in [3.8, 4) is 0 Å². The second-order valence-corrected chi connectivity index (χ2v) is 62.2. The van der Waals surface area contributed by atoms with Crippen LogP contribution in [0.5, 0.6) is 0 Å². The second kappa shape index (κ2) is 76.2. The molecule has 22 heteroatoms. The molecule has 0 saturated heterocycles. The third-order valence-electron chi connectivity index (χ3n) is 19.2. The first-order valence-corrected chi connectivity index (χ1v) is 55.2. The van der Waals surface area contributed by atoms with Crippen molar-refractivity contribution in [3.63, 3.8) is 0 Å². The monoisotopic (exact) mass is 2030 g/mol. The van der Waals surface area contributed by atoms with Gasteiger partial charge in [-0.05, 0) is 220 Å². The Bertz CT molecular complexity index is 2870. The maximum Gasteiger partial charge on any atom is 0.311 e. The minimum absolute atomic E-state index is 0. The van der Waals surface area contributed by atoms with Crippen LogP contribution in [0, 0.1) is 75.8 Å². The Balaban J connectivity index is -0.000000168. The highest BCUT2D eigenvalue weighted by molar-refractivity contribution is 8.00. The van der Waals surface area contributed by atoms with Gasteiger partial charge in [-0.2, -0.15) is 11.8 Å². The first kappa shape index (κ1) is 157. The van der Waals surface area contributed by atoms with Gasteiger partial charge in [-0.25, -0.2) is 8.42 Å². The van der Waals surface area contributed by atoms with Crippen LogP contribution in [0.25, 0.3) is 0 Å². The molecule has 0 atom stereocenters. The van der Waals surface area contributed by atoms with Crippen molar-refractivity contribution in [1.29, 1.82) is 0 Å². The number of hydrogen-bond acceptors (Lipinski definition) is 20. The van der Waals surface area contributed by atoms with Crippen LogP contribution in [0.4, 0.5) is 0 Å². The lowest BCUT2D eigenvalue weighted by Gasteiger charge is -2.20. The van der Waals surface area contributed by atoms with E-state index in [0.29, 0.717) is 158 Å². The van der Waals surface area contributed by atoms with E-state index in [1.807, 2.05) is 116 Å². The smallest absolute Gasteiger partial charge is 0.311 e. The SMILES string of the molecule is C.CC(C)(C)CCCOCCC(C)(C)C.CC(C)(C)CCOCCC(=O)C(C)(C)C.CC(C)(C)CCOCCC(=O)NC(C)(C)C.CC(C)(C)CCOCCCC(=O)C(C)(C)C.CC(C)(C)CCOCCOC(=O)C(C)(C)C.CC(C)(C)CCOCCOC(=O)CC(C)(C)C.CC(C)(C)CCOCCOC(C)(C)C.CC(C)(C)CCOCCS(=O)(=O)C(C)(C)C.CC(C)(C)CCOCCSC(C)(C)C. The van der Waals surface area contributed by atoms with E-state index in [9.17, 15) is 32.4 Å². The molecular weight excluding hydrogens is 1790 g/mol. The summed E-state index contributed by atoms with van der Waals surface area (Å²) in [6, 6.07) is 0. The number of carbonyl (C=O) groups excluding carboxylic acids is 5. The number of thioether (sulfide) groups is 1. The lowest BCUT2D eigenvalue weighted by atomic mass is 9.88. The summed E-state index contributed by atoms with van der Waals surface area (Å²) in [4.78, 5) is 57.3. The fourth-order valence-corrected chi connectivity index (χ4v) is 11.1. The average Bonchev–Trinajstić information content (AvgIpc) is 0.842. The minimum atomic E-state index is -3.04. The van der Waals surface area contributed by atoms with Crippen LogP contribution in [0.2, 0.25) is 0 Å². The number of hydrogen-bond donors (Lipinski definition) is 1. The Morgan fingerprint density at radius 2 is 0.525 bits per heavy atom. The summed E-state index contributed by atoms with van der Waals surface area (Å²) >= 11 is 1.97. The van der Waals surface area contributed by atoms with E-state index in [-0.39, 0.29) is 69.6 Å². The Kier molecular flexibility index (Phi) is 85.9. The van der Waals surface area contributed by atoms with E-state index in [2.05, 4.69) is 255 Å². The van der Waals surface area contributed by atoms with Gasteiger partial charge in [-0.3, -0.25) is 24.0 Å². The first-order valence-electron chi connectivity index (χ1n) is 52.6. The van der Waals surface area contributed by atoms with Crippen molar-refractivity contribution < 1.29 is 89.2 Å². The first-order chi connectivity index (χ1) is 61.2. The molecule has 0 spiro atoms. The number of amides is 1. The summed E-state index contributed by atoms with van der Waals surface area (Å²) in [5.41, 5.74) is 2.33. The summed E-state index contributed by atoms with van der Waals surface area (Å²) < 4.78 is 88.1. The number of carbonyl (C=O) groups is 5. The maximum absolute atomic E-state index is 11.7. The predicted octanol–water partition coefficient (Wildman–Crippen LogP) is 31.2. The average molecular weight is 2030 g/mol. The van der Waals surface area contributed by atoms with E-state index in [1.165, 1.54) is 12.8 Å². The normalized spacial score (nSPS) is 13.0. The van der Waals surface area contributed by atoms with Gasteiger partial charge in [0.2, 0.25) is 5.91 Å². The lowest BCUT2D eigenvalue weighted by molar-refractivity contribution is -0.154. The van der Waals surface area contributed by atoms with Gasteiger partial charge in [0.05, 0.1) is 80.8 Å². The van der Waals surface area contributed by atoms with Crippen LogP contribution >= 0.6 is 11.8 Å². The van der Waals surface area contributed by atoms with Crippen LogP contribution in [0.3, 0.4) is 0 Å². The molecule has 0 rings (SSSR count). The highest BCUT2D eigenvalue weighted by atomic mass is 32.2. The zero-order valence-corrected chi connectivity index (χ0v) is 104. The van der Waals surface area contributed by atoms with Gasteiger partial charge < -0.3 is 62.2 Å². The molecule has 0 unspecified atom stereocenters. The van der Waals surface area contributed by atoms with Gasteiger partial charge in [-0.15, -0.1) is 0 Å². The van der Waals surface area contributed by atoms with Crippen LogP contribution in [-0.4, -0.2) is 209 Å². The molecule has 0 aliphatic rings. The molecule has 0 aliphatic heterocycles. The van der Waals surface area contributed by atoms with E-state index in [1.54, 1.807) is 20.8 Å². The van der Waals surface area contributed by atoms with Crippen molar-refractivity contribution in [3.05, 3.63) is 0 Å². The predicted molar refractivity (Wildman–Crippen MR) is 602 cm³/mol. The van der Waals surface area contributed by atoms with Crippen LogP contribution in [0.15, 0.2) is 0 Å². The molecule has 0 aromatic heterocycles. The Morgan fingerprint density at radius 3 is 0.799 bits per heavy atom. The van der Waals surface area contributed by atoms with Gasteiger partial charge in [-0.1, -0.05) is 298 Å². The highest BCUT2D eigenvalue weighted by Gasteiger charge is 2.30. The summed E-state index contributed by atoms with van der Waals surface area (Å²) in [6.45, 7) is 128. The van der Waals surface area contributed by atoms with Crippen LogP contribution < -0.4 is 5.32 Å². The van der Waals surface area contributed by atoms with Crippen molar-refractivity contribution >= 4 is 51.0 Å². The van der Waals surface area contributed by atoms with Crippen molar-refractivity contribution in [1.82, 2.24) is 5.32 Å². The molecular formula is C117H245NO19S2. The molecule has 844 valence electrons. The largest absolute Gasteiger partial charge is 0.463 e. The number of ether oxygens (including phenoxy) is 12. The number of sulfone groups is 1. The summed E-state index contributed by atoms with van der Waals surface area (Å²) in [7, 11) is -3.04. The minimum Gasteiger partial charge on any atom is -0.463 e. The number of esters is 2. The van der Waals surface area contributed by atoms with Crippen molar-refractivity contribution in [2.24, 2.45) is 75.8 Å². The lowest BCUT2D eigenvalue weighted by Crippen LogP contribution is -2.40. The Hall–Kier alpha value is -2.35. The molecule has 0 aliphatic carbocycles. The summed E-state index contributed by atoms with van der Waals surface area (Å²) in [5.74, 6) is 1.56. The number of ketones is 2. The standard InChI is InChI=1S/C14H28O3.C14H28O2.C13H27NO2.C13H26O3.C13H26O2.C13H28O.C12H26O3S.C12H26O2.C12H26OS.CH4/c1-13(2,3)7-8-16-9-10-17-12(15)11-14(4,5)6;1-13(2,3)9-11-16-10-7-8-12(15)14(4,5)6;1-12(2,3)8-10-16-9-7-11(15)14-13(4,5)6;1-12(2,3)7-8-15-9-10-16-11(14)13(4,5)6;1-12(2,3)8-10-15-9-7-11(14)13(4,5)6;1-12(2,3)8-7-10-14-11-9-13(4,5)6;1-11(2,3)7-8-15-9-10-16(13,14)12(4,5)6;2*1-11(2,3)7-8-13-9-10-14-12(4,5)6;/h7-11H2,1-6H3;7-11H2,1-6H3;7-10H2,1-6H3,(H,14,15);7-10H2,1-6H3;7-10H2,1-6H3;7-11H2,1-6H3;7-10H2,1-6H3;2*7-10H2,1-6H3;1H4. The second-order valence-electron chi connectivity index (χ2n) is 57.4. The number of Topliss-reactive ketones (excluding diaryl/α,β-unsaturated/α-hetero) is 2. The molecule has 1 amide bonds. The molecule has 0 aromatic rings. The zero-order valence-electron chi connectivity index (χ0n) is 102. The fraction of sp³-hybridized carbons (Fsp3) is 0.957. The molecule has 139 heavy (non-hydrogen) atoms. The Labute approximate surface area is 871 Å². The number of nitrogens with one attached hydrogen (secondary N) is 1. The maximum atomic E-state index is 11.7. The van der Waals surface area contributed by atoms with E-state index >= 15 is 0 Å². The molecule has 0 bridgehead atoms. The van der Waals surface area contributed by atoms with Crippen LogP contribution in [-0.2, 0) is 90.7 Å². The van der Waals surface area contributed by atoms with E-state index < -0.39 is 20.0 Å². The fourth-order valence-electron chi connectivity index (χ4n) is 9.32. The molecule has 1 N–H and O–H groups in total. The topological polar surface area (TPSA) is 242 Å². The molecule has 0 fully saturated rings. The zero-order chi connectivity index (χ0) is 111. The van der Waals surface area contributed by atoms with Gasteiger partial charge in [0.25, 0.3) is 0 Å². The van der Waals surface area contributed by atoms with Gasteiger partial charge in [0.15, 0.2) is 9.84 Å². The molecule has 20 nitrogen and oxygen atoms in total. The third kappa shape index (κ3) is 153.